The molecule has 44 heavy (non-hydrogen) atoms. The fraction of sp³-hybridized carbons (Fsp3) is 0.722. The number of unbranched alkanes of at least 4 members (excludes halogenated alkanes) is 7. The van der Waals surface area contributed by atoms with E-state index in [1.54, 1.807) is 36.5 Å². The van der Waals surface area contributed by atoms with Crippen LogP contribution in [0, 0.1) is 5.92 Å². The Kier molecular flexibility index (Phi) is 27.9. The molecule has 0 aromatic rings. The molecule has 0 amide bonds. The molecule has 0 spiro atoms. The zero-order valence-electron chi connectivity index (χ0n) is 27.7. The summed E-state index contributed by atoms with van der Waals surface area (Å²) < 4.78 is 10.1. The number of rotatable bonds is 28. The standard InChI is InChI=1S/C36H62O8/c1-4-6-15-22-31(37)23-17-12-8-9-13-18-24-33(39)34(40)25-20-27-36(42)44-29-32(38)28-43-35(41)26-19-14-10-7-11-16-21-30(3)5-2/h8-9,12-13,17-18,23-24,30-34,37-40H,4-7,10-11,14-16,19-22,25-29H2,1-3H3/b12-8-,13-9+,23-17+,24-18+/t30?,31-,32+,33-,34-/m1/s1. The molecule has 8 heteroatoms. The van der Waals surface area contributed by atoms with Crippen molar-refractivity contribution in [3.8, 4) is 0 Å². The Balaban J connectivity index is 3.90. The minimum Gasteiger partial charge on any atom is -0.463 e. The van der Waals surface area contributed by atoms with Gasteiger partial charge in [-0.3, -0.25) is 9.59 Å². The molecule has 1 unspecified atom stereocenters. The summed E-state index contributed by atoms with van der Waals surface area (Å²) >= 11 is 0. The van der Waals surface area contributed by atoms with Crippen LogP contribution in [0.5, 0.6) is 0 Å². The zero-order chi connectivity index (χ0) is 32.8. The number of aliphatic hydroxyl groups is 4. The first kappa shape index (κ1) is 41.7. The second-order valence-electron chi connectivity index (χ2n) is 11.7. The molecule has 0 rings (SSSR count). The summed E-state index contributed by atoms with van der Waals surface area (Å²) in [7, 11) is 0. The quantitative estimate of drug-likeness (QED) is 0.0433. The smallest absolute Gasteiger partial charge is 0.305 e. The van der Waals surface area contributed by atoms with E-state index in [4.69, 9.17) is 9.47 Å². The third-order valence-corrected chi connectivity index (χ3v) is 7.47. The third kappa shape index (κ3) is 27.3. The summed E-state index contributed by atoms with van der Waals surface area (Å²) in [5, 5.41) is 39.9. The Labute approximate surface area is 266 Å². The first-order valence-corrected chi connectivity index (χ1v) is 16.9. The van der Waals surface area contributed by atoms with Crippen molar-refractivity contribution in [2.75, 3.05) is 13.2 Å². The van der Waals surface area contributed by atoms with Gasteiger partial charge in [0.1, 0.15) is 19.3 Å². The molecule has 4 N–H and O–H groups in total. The molecule has 0 aromatic heterocycles. The first-order chi connectivity index (χ1) is 21.2. The highest BCUT2D eigenvalue weighted by molar-refractivity contribution is 5.69. The molecule has 0 fully saturated rings. The molecule has 0 radical (unpaired) electrons. The van der Waals surface area contributed by atoms with Crippen molar-refractivity contribution in [1.29, 1.82) is 0 Å². The van der Waals surface area contributed by atoms with Crippen LogP contribution in [-0.4, -0.2) is 70.0 Å². The van der Waals surface area contributed by atoms with Crippen LogP contribution in [0.1, 0.15) is 124 Å². The van der Waals surface area contributed by atoms with Crippen molar-refractivity contribution in [2.24, 2.45) is 5.92 Å². The van der Waals surface area contributed by atoms with Crippen LogP contribution in [0.4, 0.5) is 0 Å². The highest BCUT2D eigenvalue weighted by Gasteiger charge is 2.15. The van der Waals surface area contributed by atoms with Crippen molar-refractivity contribution in [3.05, 3.63) is 48.6 Å². The number of esters is 2. The molecule has 254 valence electrons. The van der Waals surface area contributed by atoms with E-state index in [2.05, 4.69) is 20.8 Å². The maximum Gasteiger partial charge on any atom is 0.305 e. The van der Waals surface area contributed by atoms with Gasteiger partial charge in [-0.05, 0) is 31.6 Å². The SMILES string of the molecule is CCCCC[C@@H](O)/C=C/C=C\C=C\C=C\[C@@H](O)[C@H](O)CCCC(=O)OC[C@@H](O)COC(=O)CCCCCCCCC(C)CC. The van der Waals surface area contributed by atoms with E-state index < -0.39 is 30.4 Å². The number of hydrogen-bond acceptors (Lipinski definition) is 8. The predicted octanol–water partition coefficient (Wildman–Crippen LogP) is 6.66. The maximum absolute atomic E-state index is 11.9. The van der Waals surface area contributed by atoms with Crippen LogP contribution in [0.15, 0.2) is 48.6 Å². The van der Waals surface area contributed by atoms with Gasteiger partial charge in [-0.1, -0.05) is 134 Å². The van der Waals surface area contributed by atoms with E-state index in [0.717, 1.165) is 50.9 Å². The highest BCUT2D eigenvalue weighted by Crippen LogP contribution is 2.15. The van der Waals surface area contributed by atoms with Gasteiger partial charge in [-0.15, -0.1) is 0 Å². The van der Waals surface area contributed by atoms with Crippen molar-refractivity contribution in [2.45, 2.75) is 148 Å². The summed E-state index contributed by atoms with van der Waals surface area (Å²) in [5.41, 5.74) is 0. The lowest BCUT2D eigenvalue weighted by Crippen LogP contribution is -2.26. The van der Waals surface area contributed by atoms with Crippen LogP contribution >= 0.6 is 0 Å². The number of hydrogen-bond donors (Lipinski definition) is 4. The second kappa shape index (κ2) is 29.5. The summed E-state index contributed by atoms with van der Waals surface area (Å²) in [6.07, 6.45) is 24.1. The fourth-order valence-electron chi connectivity index (χ4n) is 4.33. The molecule has 0 aliphatic rings. The molecular weight excluding hydrogens is 560 g/mol. The van der Waals surface area contributed by atoms with E-state index in [-0.39, 0.29) is 32.0 Å². The summed E-state index contributed by atoms with van der Waals surface area (Å²) in [4.78, 5) is 23.8. The highest BCUT2D eigenvalue weighted by atomic mass is 16.6. The second-order valence-corrected chi connectivity index (χ2v) is 11.7. The summed E-state index contributed by atoms with van der Waals surface area (Å²) in [6.45, 7) is 6.15. The van der Waals surface area contributed by atoms with Gasteiger partial charge in [0.15, 0.2) is 0 Å². The van der Waals surface area contributed by atoms with Crippen molar-refractivity contribution in [1.82, 2.24) is 0 Å². The van der Waals surface area contributed by atoms with E-state index in [1.807, 2.05) is 6.08 Å². The molecule has 0 saturated heterocycles. The number of carbonyl (C=O) groups excluding carboxylic acids is 2. The zero-order valence-corrected chi connectivity index (χ0v) is 27.7. The average Bonchev–Trinajstić information content (AvgIpc) is 3.01. The van der Waals surface area contributed by atoms with E-state index >= 15 is 0 Å². The van der Waals surface area contributed by atoms with Gasteiger partial charge >= 0.3 is 11.9 Å². The number of ether oxygens (including phenoxy) is 2. The fourth-order valence-corrected chi connectivity index (χ4v) is 4.33. The molecule has 0 saturated carbocycles. The van der Waals surface area contributed by atoms with E-state index in [0.29, 0.717) is 12.8 Å². The van der Waals surface area contributed by atoms with Gasteiger partial charge in [-0.25, -0.2) is 0 Å². The van der Waals surface area contributed by atoms with Gasteiger partial charge in [0.2, 0.25) is 0 Å². The molecule has 0 heterocycles. The summed E-state index contributed by atoms with van der Waals surface area (Å²) in [6, 6.07) is 0. The molecule has 5 atom stereocenters. The molecule has 0 bridgehead atoms. The molecule has 0 aliphatic heterocycles. The van der Waals surface area contributed by atoms with E-state index in [1.165, 1.54) is 38.2 Å². The largest absolute Gasteiger partial charge is 0.463 e. The molecular formula is C36H62O8. The average molecular weight is 623 g/mol. The van der Waals surface area contributed by atoms with Crippen LogP contribution in [0.25, 0.3) is 0 Å². The van der Waals surface area contributed by atoms with Gasteiger partial charge in [0.25, 0.3) is 0 Å². The Morgan fingerprint density at radius 1 is 0.614 bits per heavy atom. The lowest BCUT2D eigenvalue weighted by atomic mass is 10.00. The van der Waals surface area contributed by atoms with Gasteiger partial charge in [-0.2, -0.15) is 0 Å². The minimum absolute atomic E-state index is 0.0309. The van der Waals surface area contributed by atoms with Crippen LogP contribution in [-0.2, 0) is 19.1 Å². The Morgan fingerprint density at radius 2 is 1.14 bits per heavy atom. The summed E-state index contributed by atoms with van der Waals surface area (Å²) in [5.74, 6) is -0.0922. The van der Waals surface area contributed by atoms with Gasteiger partial charge in [0.05, 0.1) is 18.3 Å². The van der Waals surface area contributed by atoms with Crippen LogP contribution < -0.4 is 0 Å². The molecule has 8 nitrogen and oxygen atoms in total. The lowest BCUT2D eigenvalue weighted by Gasteiger charge is -2.14. The maximum atomic E-state index is 11.9. The molecule has 0 aromatic carbocycles. The van der Waals surface area contributed by atoms with Gasteiger partial charge < -0.3 is 29.9 Å². The van der Waals surface area contributed by atoms with Crippen molar-refractivity contribution >= 4 is 11.9 Å². The molecule has 0 aliphatic carbocycles. The normalized spacial score (nSPS) is 15.7. The monoisotopic (exact) mass is 622 g/mol. The van der Waals surface area contributed by atoms with Crippen molar-refractivity contribution < 1.29 is 39.5 Å². The topological polar surface area (TPSA) is 134 Å². The van der Waals surface area contributed by atoms with Crippen LogP contribution in [0.2, 0.25) is 0 Å². The Bertz CT molecular complexity index is 819. The number of carbonyl (C=O) groups is 2. The third-order valence-electron chi connectivity index (χ3n) is 7.47. The van der Waals surface area contributed by atoms with Crippen LogP contribution in [0.3, 0.4) is 0 Å². The van der Waals surface area contributed by atoms with Gasteiger partial charge in [0, 0.05) is 12.8 Å². The van der Waals surface area contributed by atoms with Crippen molar-refractivity contribution in [3.63, 3.8) is 0 Å². The number of aliphatic hydroxyl groups excluding tert-OH is 4. The first-order valence-electron chi connectivity index (χ1n) is 16.9. The number of allylic oxidation sites excluding steroid dienone is 6. The Morgan fingerprint density at radius 3 is 1.75 bits per heavy atom. The lowest BCUT2D eigenvalue weighted by molar-refractivity contribution is -0.152. The predicted molar refractivity (Wildman–Crippen MR) is 177 cm³/mol. The minimum atomic E-state index is -1.09. The Hall–Kier alpha value is -2.26. The van der Waals surface area contributed by atoms with E-state index in [9.17, 15) is 30.0 Å².